The summed E-state index contributed by atoms with van der Waals surface area (Å²) in [5.41, 5.74) is 2.56. The van der Waals surface area contributed by atoms with Crippen LogP contribution >= 0.6 is 0 Å². The van der Waals surface area contributed by atoms with Crippen LogP contribution in [0.25, 0.3) is 0 Å². The van der Waals surface area contributed by atoms with Crippen molar-refractivity contribution in [2.24, 2.45) is 29.1 Å². The van der Waals surface area contributed by atoms with Gasteiger partial charge >= 0.3 is 0 Å². The topological polar surface area (TPSA) is 54.4 Å². The lowest BCUT2D eigenvalue weighted by Gasteiger charge is -2.53. The van der Waals surface area contributed by atoms with Gasteiger partial charge in [-0.25, -0.2) is 0 Å². The average Bonchev–Trinajstić information content (AvgIpc) is 2.95. The second-order valence-electron chi connectivity index (χ2n) is 8.35. The Bertz CT molecular complexity index is 576. The maximum absolute atomic E-state index is 11.7. The van der Waals surface area contributed by atoms with Gasteiger partial charge in [0.1, 0.15) is 6.29 Å². The van der Waals surface area contributed by atoms with Crippen molar-refractivity contribution in [3.63, 3.8) is 0 Å². The summed E-state index contributed by atoms with van der Waals surface area (Å²) < 4.78 is 0. The van der Waals surface area contributed by atoms with Crippen LogP contribution in [0.3, 0.4) is 0 Å². The Morgan fingerprint density at radius 3 is 2.32 bits per heavy atom. The summed E-state index contributed by atoms with van der Waals surface area (Å²) in [5, 5.41) is 10.6. The lowest BCUT2D eigenvalue weighted by Crippen LogP contribution is -2.47. The standard InChI is InChI=1S/C19H26O2.C2H4O.2C2H6/c1-11-9-17-16-5-3-12-10-13(20)4-6-14(12)15(16)7-8-19(17,2)18(11)21;1-2-3;2*1-2/h10,14-18,21H,1,3-9H2,2H3;2H,1H3;2*1-2H3/t14?,15?,16?,17?,18-,19?;;;/m0.../s1. The van der Waals surface area contributed by atoms with Crippen LogP contribution in [0.5, 0.6) is 0 Å². The summed E-state index contributed by atoms with van der Waals surface area (Å²) in [5.74, 6) is 3.07. The lowest BCUT2D eigenvalue weighted by molar-refractivity contribution is -0.116. The molecule has 0 spiro atoms. The molecule has 3 nitrogen and oxygen atoms in total. The highest BCUT2D eigenvalue weighted by Crippen LogP contribution is 2.62. The molecule has 0 aromatic carbocycles. The summed E-state index contributed by atoms with van der Waals surface area (Å²) in [6, 6.07) is 0. The van der Waals surface area contributed by atoms with E-state index in [0.717, 1.165) is 55.8 Å². The van der Waals surface area contributed by atoms with Gasteiger partial charge in [-0.05, 0) is 80.8 Å². The van der Waals surface area contributed by atoms with Crippen LogP contribution in [-0.2, 0) is 9.59 Å². The van der Waals surface area contributed by atoms with E-state index >= 15 is 0 Å². The van der Waals surface area contributed by atoms with Crippen molar-refractivity contribution in [1.82, 2.24) is 0 Å². The van der Waals surface area contributed by atoms with E-state index in [1.54, 1.807) is 0 Å². The van der Waals surface area contributed by atoms with Crippen LogP contribution in [0.1, 0.15) is 86.5 Å². The first-order valence-corrected chi connectivity index (χ1v) is 11.4. The number of carbonyl (C=O) groups excluding carboxylic acids is 2. The molecular formula is C25H42O3. The normalized spacial score (nSPS) is 37.8. The minimum Gasteiger partial charge on any atom is -0.388 e. The molecule has 28 heavy (non-hydrogen) atoms. The maximum Gasteiger partial charge on any atom is 0.155 e. The van der Waals surface area contributed by atoms with Crippen LogP contribution in [0.4, 0.5) is 0 Å². The van der Waals surface area contributed by atoms with Gasteiger partial charge in [-0.1, -0.05) is 46.8 Å². The van der Waals surface area contributed by atoms with Gasteiger partial charge in [-0.2, -0.15) is 0 Å². The van der Waals surface area contributed by atoms with E-state index in [9.17, 15) is 9.90 Å². The number of rotatable bonds is 0. The van der Waals surface area contributed by atoms with Crippen LogP contribution < -0.4 is 0 Å². The summed E-state index contributed by atoms with van der Waals surface area (Å²) in [4.78, 5) is 20.5. The first kappa shape index (κ1) is 24.8. The van der Waals surface area contributed by atoms with Crippen LogP contribution in [0, 0.1) is 29.1 Å². The molecule has 0 saturated heterocycles. The number of aldehydes is 1. The number of ketones is 1. The van der Waals surface area contributed by atoms with Crippen molar-refractivity contribution in [1.29, 1.82) is 0 Å². The van der Waals surface area contributed by atoms with Gasteiger partial charge in [0.05, 0.1) is 6.10 Å². The molecule has 1 N–H and O–H groups in total. The zero-order chi connectivity index (χ0) is 21.5. The Morgan fingerprint density at radius 2 is 1.71 bits per heavy atom. The zero-order valence-electron chi connectivity index (χ0n) is 19.0. The van der Waals surface area contributed by atoms with E-state index in [4.69, 9.17) is 4.79 Å². The molecule has 0 amide bonds. The molecule has 4 aliphatic rings. The van der Waals surface area contributed by atoms with E-state index in [-0.39, 0.29) is 11.5 Å². The smallest absolute Gasteiger partial charge is 0.155 e. The minimum absolute atomic E-state index is 0.0595. The Balaban J connectivity index is 0.000000502. The van der Waals surface area contributed by atoms with Crippen LogP contribution in [0.2, 0.25) is 0 Å². The predicted octanol–water partition coefficient (Wildman–Crippen LogP) is 5.91. The number of allylic oxidation sites excluding steroid dienone is 1. The first-order valence-electron chi connectivity index (χ1n) is 11.4. The summed E-state index contributed by atoms with van der Waals surface area (Å²) in [7, 11) is 0. The Labute approximate surface area is 172 Å². The van der Waals surface area contributed by atoms with Crippen molar-refractivity contribution in [2.45, 2.75) is 92.6 Å². The van der Waals surface area contributed by atoms with E-state index in [0.29, 0.717) is 17.6 Å². The fraction of sp³-hybridized carbons (Fsp3) is 0.760. The molecule has 0 aromatic rings. The quantitative estimate of drug-likeness (QED) is 0.413. The first-order chi connectivity index (χ1) is 13.4. The van der Waals surface area contributed by atoms with Gasteiger partial charge in [-0.3, -0.25) is 4.79 Å². The molecule has 3 heteroatoms. The lowest BCUT2D eigenvalue weighted by atomic mass is 9.52. The second-order valence-corrected chi connectivity index (χ2v) is 8.35. The highest BCUT2D eigenvalue weighted by molar-refractivity contribution is 5.91. The molecule has 4 aliphatic carbocycles. The van der Waals surface area contributed by atoms with Crippen LogP contribution in [-0.4, -0.2) is 23.3 Å². The van der Waals surface area contributed by atoms with Gasteiger partial charge in [0.2, 0.25) is 0 Å². The molecule has 3 saturated carbocycles. The molecule has 3 fully saturated rings. The average molecular weight is 391 g/mol. The molecule has 0 heterocycles. The summed E-state index contributed by atoms with van der Waals surface area (Å²) in [6.45, 7) is 15.9. The number of aliphatic hydroxyl groups excluding tert-OH is 1. The zero-order valence-corrected chi connectivity index (χ0v) is 19.0. The van der Waals surface area contributed by atoms with Gasteiger partial charge < -0.3 is 9.90 Å². The van der Waals surface area contributed by atoms with Crippen molar-refractivity contribution in [2.75, 3.05) is 0 Å². The molecule has 5 unspecified atom stereocenters. The molecule has 0 aliphatic heterocycles. The Kier molecular flexibility index (Phi) is 9.83. The van der Waals surface area contributed by atoms with Crippen molar-refractivity contribution < 1.29 is 14.7 Å². The number of hydrogen-bond acceptors (Lipinski definition) is 3. The minimum atomic E-state index is -0.298. The monoisotopic (exact) mass is 390 g/mol. The summed E-state index contributed by atoms with van der Waals surface area (Å²) >= 11 is 0. The number of hydrogen-bond donors (Lipinski definition) is 1. The third-order valence-electron chi connectivity index (χ3n) is 7.23. The molecule has 0 aromatic heterocycles. The number of aliphatic hydroxyl groups is 1. The highest BCUT2D eigenvalue weighted by Gasteiger charge is 2.57. The van der Waals surface area contributed by atoms with Gasteiger partial charge in [-0.15, -0.1) is 0 Å². The second kappa shape index (κ2) is 11.1. The van der Waals surface area contributed by atoms with Crippen molar-refractivity contribution in [3.8, 4) is 0 Å². The highest BCUT2D eigenvalue weighted by atomic mass is 16.3. The molecule has 160 valence electrons. The SMILES string of the molecule is C=C1CC2C3CCC4=CC(=O)CCC4C3CCC2(C)[C@H]1O.CC.CC.CC=O. The van der Waals surface area contributed by atoms with E-state index in [1.807, 2.05) is 33.8 Å². The van der Waals surface area contributed by atoms with E-state index in [2.05, 4.69) is 13.5 Å². The van der Waals surface area contributed by atoms with E-state index < -0.39 is 0 Å². The molecule has 0 bridgehead atoms. The van der Waals surface area contributed by atoms with E-state index in [1.165, 1.54) is 25.3 Å². The van der Waals surface area contributed by atoms with Gasteiger partial charge in [0.15, 0.2) is 5.78 Å². The Morgan fingerprint density at radius 1 is 1.11 bits per heavy atom. The van der Waals surface area contributed by atoms with Gasteiger partial charge in [0.25, 0.3) is 0 Å². The van der Waals surface area contributed by atoms with Crippen molar-refractivity contribution >= 4 is 12.1 Å². The van der Waals surface area contributed by atoms with Crippen molar-refractivity contribution in [3.05, 3.63) is 23.8 Å². The molecule has 6 atom stereocenters. The molecule has 0 radical (unpaired) electrons. The largest absolute Gasteiger partial charge is 0.388 e. The number of carbonyl (C=O) groups is 2. The third-order valence-corrected chi connectivity index (χ3v) is 7.23. The third kappa shape index (κ3) is 4.67. The molecule has 4 rings (SSSR count). The number of fused-ring (bicyclic) bond motifs is 5. The Hall–Kier alpha value is -1.22. The fourth-order valence-corrected chi connectivity index (χ4v) is 6.11. The predicted molar refractivity (Wildman–Crippen MR) is 117 cm³/mol. The van der Waals surface area contributed by atoms with Gasteiger partial charge in [0, 0.05) is 11.8 Å². The fourth-order valence-electron chi connectivity index (χ4n) is 6.11. The van der Waals surface area contributed by atoms with Crippen LogP contribution in [0.15, 0.2) is 23.8 Å². The maximum atomic E-state index is 11.7. The summed E-state index contributed by atoms with van der Waals surface area (Å²) in [6.07, 6.45) is 9.90. The molecular weight excluding hydrogens is 348 g/mol.